The molecule has 0 saturated heterocycles. The summed E-state index contributed by atoms with van der Waals surface area (Å²) in [7, 11) is 0. The van der Waals surface area contributed by atoms with Crippen LogP contribution in [0.4, 0.5) is 0 Å². The second-order valence-electron chi connectivity index (χ2n) is 6.05. The largest absolute Gasteiger partial charge is 0.387 e. The molecule has 3 atom stereocenters. The molecule has 0 aromatic heterocycles. The molecule has 0 bridgehead atoms. The van der Waals surface area contributed by atoms with Gasteiger partial charge >= 0.3 is 0 Å². The van der Waals surface area contributed by atoms with E-state index in [2.05, 4.69) is 36.5 Å². The maximum Gasteiger partial charge on any atom is 0.0914 e. The summed E-state index contributed by atoms with van der Waals surface area (Å²) >= 11 is 0. The van der Waals surface area contributed by atoms with Crippen LogP contribution < -0.4 is 5.32 Å². The lowest BCUT2D eigenvalue weighted by Crippen LogP contribution is -2.34. The van der Waals surface area contributed by atoms with E-state index in [4.69, 9.17) is 0 Å². The Bertz CT molecular complexity index is 580. The van der Waals surface area contributed by atoms with Gasteiger partial charge in [0.2, 0.25) is 0 Å². The van der Waals surface area contributed by atoms with E-state index in [1.165, 1.54) is 30.0 Å². The van der Waals surface area contributed by atoms with Crippen molar-refractivity contribution in [3.05, 3.63) is 48.0 Å². The molecule has 1 aliphatic rings. The van der Waals surface area contributed by atoms with E-state index in [1.54, 1.807) is 0 Å². The Balaban J connectivity index is 1.67. The van der Waals surface area contributed by atoms with Gasteiger partial charge in [-0.15, -0.1) is 0 Å². The summed E-state index contributed by atoms with van der Waals surface area (Å²) in [5.74, 6) is 0.735. The summed E-state index contributed by atoms with van der Waals surface area (Å²) in [6.07, 6.45) is 3.44. The highest BCUT2D eigenvalue weighted by Crippen LogP contribution is 2.26. The lowest BCUT2D eigenvalue weighted by molar-refractivity contribution is 0.167. The van der Waals surface area contributed by atoms with Crippen molar-refractivity contribution in [1.82, 2.24) is 5.32 Å². The Morgan fingerprint density at radius 2 is 1.95 bits per heavy atom. The normalized spacial score (nSPS) is 24.1. The van der Waals surface area contributed by atoms with Crippen LogP contribution in [0.3, 0.4) is 0 Å². The Hall–Kier alpha value is -1.38. The molecule has 2 nitrogen and oxygen atoms in total. The maximum absolute atomic E-state index is 10.4. The number of aliphatic hydroxyl groups is 1. The van der Waals surface area contributed by atoms with Crippen LogP contribution in [0.1, 0.15) is 37.9 Å². The van der Waals surface area contributed by atoms with E-state index in [0.29, 0.717) is 12.6 Å². The van der Waals surface area contributed by atoms with E-state index >= 15 is 0 Å². The minimum absolute atomic E-state index is 0.424. The van der Waals surface area contributed by atoms with Gasteiger partial charge in [0.05, 0.1) is 6.10 Å². The zero-order valence-electron chi connectivity index (χ0n) is 12.0. The molecule has 20 heavy (non-hydrogen) atoms. The first kappa shape index (κ1) is 13.6. The molecule has 0 spiro atoms. The molecule has 0 heterocycles. The second-order valence-corrected chi connectivity index (χ2v) is 6.05. The number of benzene rings is 2. The van der Waals surface area contributed by atoms with Crippen molar-refractivity contribution in [1.29, 1.82) is 0 Å². The van der Waals surface area contributed by atoms with Crippen molar-refractivity contribution in [3.63, 3.8) is 0 Å². The topological polar surface area (TPSA) is 32.3 Å². The fourth-order valence-electron chi connectivity index (χ4n) is 3.24. The lowest BCUT2D eigenvalue weighted by Gasteiger charge is -2.20. The van der Waals surface area contributed by atoms with Crippen molar-refractivity contribution < 1.29 is 5.11 Å². The predicted octanol–water partition coefficient (Wildman–Crippen LogP) is 3.65. The van der Waals surface area contributed by atoms with Crippen LogP contribution in [0.15, 0.2) is 42.5 Å². The van der Waals surface area contributed by atoms with Gasteiger partial charge in [-0.3, -0.25) is 0 Å². The first-order valence-electron chi connectivity index (χ1n) is 7.64. The molecule has 3 rings (SSSR count). The van der Waals surface area contributed by atoms with Gasteiger partial charge in [0.1, 0.15) is 0 Å². The number of fused-ring (bicyclic) bond motifs is 1. The molecule has 2 N–H and O–H groups in total. The number of rotatable bonds is 4. The van der Waals surface area contributed by atoms with E-state index in [1.807, 2.05) is 18.2 Å². The van der Waals surface area contributed by atoms with Crippen LogP contribution in [-0.4, -0.2) is 17.7 Å². The third-order valence-corrected chi connectivity index (χ3v) is 4.59. The molecule has 2 heteroatoms. The van der Waals surface area contributed by atoms with E-state index in [0.717, 1.165) is 11.5 Å². The highest BCUT2D eigenvalue weighted by Gasteiger charge is 2.23. The van der Waals surface area contributed by atoms with Gasteiger partial charge in [-0.2, -0.15) is 0 Å². The molecule has 0 amide bonds. The molecule has 106 valence electrons. The van der Waals surface area contributed by atoms with Gasteiger partial charge in [0, 0.05) is 12.6 Å². The number of nitrogens with one attached hydrogen (secondary N) is 1. The van der Waals surface area contributed by atoms with Gasteiger partial charge in [-0.05, 0) is 41.2 Å². The highest BCUT2D eigenvalue weighted by atomic mass is 16.3. The Morgan fingerprint density at radius 1 is 1.15 bits per heavy atom. The fraction of sp³-hybridized carbons (Fsp3) is 0.444. The molecule has 1 saturated carbocycles. The molecule has 3 unspecified atom stereocenters. The minimum Gasteiger partial charge on any atom is -0.387 e. The SMILES string of the molecule is CC1CCCC1NCC(O)c1ccc2ccccc2c1. The standard InChI is InChI=1S/C18H23NO/c1-13-5-4-8-17(13)19-12-18(20)16-10-9-14-6-2-3-7-15(14)11-16/h2-3,6-7,9-11,13,17-20H,4-5,8,12H2,1H3. The van der Waals surface area contributed by atoms with Gasteiger partial charge in [0.25, 0.3) is 0 Å². The summed E-state index contributed by atoms with van der Waals surface area (Å²) in [6, 6.07) is 15.1. The fourth-order valence-corrected chi connectivity index (χ4v) is 3.24. The predicted molar refractivity (Wildman–Crippen MR) is 83.7 cm³/mol. The van der Waals surface area contributed by atoms with Crippen LogP contribution in [0.2, 0.25) is 0 Å². The van der Waals surface area contributed by atoms with Crippen molar-refractivity contribution in [2.24, 2.45) is 5.92 Å². The summed E-state index contributed by atoms with van der Waals surface area (Å²) in [5, 5.41) is 16.3. The van der Waals surface area contributed by atoms with Gasteiger partial charge < -0.3 is 10.4 Å². The van der Waals surface area contributed by atoms with Crippen LogP contribution >= 0.6 is 0 Å². The second kappa shape index (κ2) is 5.94. The zero-order valence-corrected chi connectivity index (χ0v) is 12.0. The monoisotopic (exact) mass is 269 g/mol. The number of hydrogen-bond donors (Lipinski definition) is 2. The van der Waals surface area contributed by atoms with Crippen molar-refractivity contribution in [2.45, 2.75) is 38.3 Å². The van der Waals surface area contributed by atoms with Crippen LogP contribution in [0.5, 0.6) is 0 Å². The van der Waals surface area contributed by atoms with Crippen LogP contribution in [0.25, 0.3) is 10.8 Å². The number of aliphatic hydroxyl groups excluding tert-OH is 1. The summed E-state index contributed by atoms with van der Waals surface area (Å²) in [5.41, 5.74) is 1.00. The molecular weight excluding hydrogens is 246 g/mol. The van der Waals surface area contributed by atoms with E-state index in [-0.39, 0.29) is 0 Å². The molecule has 2 aromatic carbocycles. The van der Waals surface area contributed by atoms with Gasteiger partial charge in [-0.25, -0.2) is 0 Å². The quantitative estimate of drug-likeness (QED) is 0.888. The van der Waals surface area contributed by atoms with Gasteiger partial charge in [0.15, 0.2) is 0 Å². The summed E-state index contributed by atoms with van der Waals surface area (Å²) < 4.78 is 0. The lowest BCUT2D eigenvalue weighted by atomic mass is 10.0. The smallest absolute Gasteiger partial charge is 0.0914 e. The first-order valence-corrected chi connectivity index (χ1v) is 7.64. The highest BCUT2D eigenvalue weighted by molar-refractivity contribution is 5.83. The van der Waals surface area contributed by atoms with Gasteiger partial charge in [-0.1, -0.05) is 49.7 Å². The molecule has 0 radical (unpaired) electrons. The Morgan fingerprint density at radius 3 is 2.70 bits per heavy atom. The third-order valence-electron chi connectivity index (χ3n) is 4.59. The van der Waals surface area contributed by atoms with Crippen molar-refractivity contribution >= 4 is 10.8 Å². The summed E-state index contributed by atoms with van der Waals surface area (Å²) in [6.45, 7) is 2.94. The van der Waals surface area contributed by atoms with E-state index in [9.17, 15) is 5.11 Å². The van der Waals surface area contributed by atoms with Crippen molar-refractivity contribution in [2.75, 3.05) is 6.54 Å². The molecule has 1 fully saturated rings. The molecule has 0 aliphatic heterocycles. The van der Waals surface area contributed by atoms with E-state index < -0.39 is 6.10 Å². The average molecular weight is 269 g/mol. The summed E-state index contributed by atoms with van der Waals surface area (Å²) in [4.78, 5) is 0. The Labute approximate surface area is 120 Å². The number of hydrogen-bond acceptors (Lipinski definition) is 2. The van der Waals surface area contributed by atoms with Crippen LogP contribution in [0, 0.1) is 5.92 Å². The Kier molecular flexibility index (Phi) is 4.04. The van der Waals surface area contributed by atoms with Crippen molar-refractivity contribution in [3.8, 4) is 0 Å². The third kappa shape index (κ3) is 2.87. The maximum atomic E-state index is 10.4. The van der Waals surface area contributed by atoms with Crippen LogP contribution in [-0.2, 0) is 0 Å². The molecular formula is C18H23NO. The molecule has 1 aliphatic carbocycles. The average Bonchev–Trinajstić information content (AvgIpc) is 2.89. The first-order chi connectivity index (χ1) is 9.74. The molecule has 2 aromatic rings. The zero-order chi connectivity index (χ0) is 13.9. The minimum atomic E-state index is -0.424.